The van der Waals surface area contributed by atoms with E-state index < -0.39 is 11.9 Å². The Morgan fingerprint density at radius 2 is 2.05 bits per heavy atom. The second-order valence-electron chi connectivity index (χ2n) is 5.13. The molecule has 2 rings (SSSR count). The van der Waals surface area contributed by atoms with E-state index in [1.54, 1.807) is 13.1 Å². The number of rotatable bonds is 4. The number of nitrogens with zero attached hydrogens (tertiary/aromatic N) is 2. The van der Waals surface area contributed by atoms with Gasteiger partial charge >= 0.3 is 0 Å². The van der Waals surface area contributed by atoms with Crippen LogP contribution in [0.2, 0.25) is 5.15 Å². The Kier molecular flexibility index (Phi) is 4.54. The minimum Gasteiger partial charge on any atom is -0.494 e. The summed E-state index contributed by atoms with van der Waals surface area (Å²) in [4.78, 5) is 0. The number of methoxy groups -OCH3 is 1. The van der Waals surface area contributed by atoms with Crippen molar-refractivity contribution in [2.24, 2.45) is 7.05 Å². The molecule has 1 atom stereocenters. The molecule has 1 unspecified atom stereocenters. The van der Waals surface area contributed by atoms with Gasteiger partial charge < -0.3 is 9.84 Å². The number of halogens is 2. The summed E-state index contributed by atoms with van der Waals surface area (Å²) < 4.78 is 20.7. The van der Waals surface area contributed by atoms with Gasteiger partial charge in [-0.15, -0.1) is 0 Å². The predicted molar refractivity (Wildman–Crippen MR) is 79.3 cm³/mol. The normalized spacial score (nSPS) is 12.8. The van der Waals surface area contributed by atoms with Crippen LogP contribution in [0.4, 0.5) is 4.39 Å². The number of hydrogen-bond acceptors (Lipinski definition) is 3. The number of ether oxygens (including phenoxy) is 1. The Morgan fingerprint density at radius 3 is 2.62 bits per heavy atom. The van der Waals surface area contributed by atoms with E-state index in [0.717, 1.165) is 0 Å². The summed E-state index contributed by atoms with van der Waals surface area (Å²) in [5, 5.41) is 15.2. The van der Waals surface area contributed by atoms with E-state index in [1.165, 1.54) is 23.9 Å². The molecule has 1 N–H and O–H groups in total. The van der Waals surface area contributed by atoms with E-state index in [9.17, 15) is 9.50 Å². The summed E-state index contributed by atoms with van der Waals surface area (Å²) >= 11 is 6.22. The van der Waals surface area contributed by atoms with Crippen LogP contribution in [-0.2, 0) is 7.05 Å². The van der Waals surface area contributed by atoms with Gasteiger partial charge in [0.1, 0.15) is 11.3 Å². The average Bonchev–Trinajstić information content (AvgIpc) is 2.75. The SMILES string of the molecule is COc1cccc(C(O)c2c(C(C)C)nn(C)c2Cl)c1F. The second kappa shape index (κ2) is 6.03. The number of aliphatic hydroxyl groups is 1. The third-order valence-corrected chi connectivity index (χ3v) is 3.82. The van der Waals surface area contributed by atoms with Gasteiger partial charge in [-0.05, 0) is 12.0 Å². The molecule has 0 aliphatic rings. The van der Waals surface area contributed by atoms with E-state index in [2.05, 4.69) is 5.10 Å². The van der Waals surface area contributed by atoms with Gasteiger partial charge in [0.2, 0.25) is 0 Å². The molecule has 0 saturated carbocycles. The maximum atomic E-state index is 14.3. The Bertz CT molecular complexity index is 655. The summed E-state index contributed by atoms with van der Waals surface area (Å²) in [6.07, 6.45) is -1.20. The lowest BCUT2D eigenvalue weighted by Crippen LogP contribution is -2.07. The highest BCUT2D eigenvalue weighted by molar-refractivity contribution is 6.30. The lowest BCUT2D eigenvalue weighted by Gasteiger charge is -2.15. The third kappa shape index (κ3) is 2.76. The molecule has 0 aliphatic heterocycles. The molecule has 6 heteroatoms. The quantitative estimate of drug-likeness (QED) is 0.941. The Morgan fingerprint density at radius 1 is 1.38 bits per heavy atom. The van der Waals surface area contributed by atoms with Gasteiger partial charge in [-0.3, -0.25) is 4.68 Å². The fourth-order valence-corrected chi connectivity index (χ4v) is 2.51. The molecule has 0 aliphatic carbocycles. The van der Waals surface area contributed by atoms with Crippen molar-refractivity contribution in [3.8, 4) is 5.75 Å². The topological polar surface area (TPSA) is 47.3 Å². The lowest BCUT2D eigenvalue weighted by molar-refractivity contribution is 0.212. The molecule has 4 nitrogen and oxygen atoms in total. The highest BCUT2D eigenvalue weighted by Crippen LogP contribution is 2.36. The number of hydrogen-bond donors (Lipinski definition) is 1. The monoisotopic (exact) mass is 312 g/mol. The van der Waals surface area contributed by atoms with Gasteiger partial charge in [-0.25, -0.2) is 4.39 Å². The molecular weight excluding hydrogens is 295 g/mol. The van der Waals surface area contributed by atoms with Crippen LogP contribution in [-0.4, -0.2) is 22.0 Å². The summed E-state index contributed by atoms with van der Waals surface area (Å²) in [6.45, 7) is 3.88. The minimum absolute atomic E-state index is 0.0574. The van der Waals surface area contributed by atoms with E-state index in [0.29, 0.717) is 16.4 Å². The van der Waals surface area contributed by atoms with Gasteiger partial charge in [0, 0.05) is 18.2 Å². The molecule has 1 aromatic carbocycles. The highest BCUT2D eigenvalue weighted by Gasteiger charge is 2.27. The maximum absolute atomic E-state index is 14.3. The summed E-state index contributed by atoms with van der Waals surface area (Å²) in [5.41, 5.74) is 1.20. The van der Waals surface area contributed by atoms with Crippen molar-refractivity contribution in [2.75, 3.05) is 7.11 Å². The van der Waals surface area contributed by atoms with E-state index in [-0.39, 0.29) is 17.2 Å². The van der Waals surface area contributed by atoms with Crippen LogP contribution in [0.25, 0.3) is 0 Å². The van der Waals surface area contributed by atoms with Crippen LogP contribution in [0.15, 0.2) is 18.2 Å². The fraction of sp³-hybridized carbons (Fsp3) is 0.400. The summed E-state index contributed by atoms with van der Waals surface area (Å²) in [5.74, 6) is -0.457. The van der Waals surface area contributed by atoms with Crippen LogP contribution < -0.4 is 4.74 Å². The maximum Gasteiger partial charge on any atom is 0.171 e. The molecule has 21 heavy (non-hydrogen) atoms. The second-order valence-corrected chi connectivity index (χ2v) is 5.49. The van der Waals surface area contributed by atoms with Crippen molar-refractivity contribution >= 4 is 11.6 Å². The molecule has 0 spiro atoms. The van der Waals surface area contributed by atoms with Crippen LogP contribution in [0.1, 0.15) is 42.7 Å². The van der Waals surface area contributed by atoms with E-state index in [4.69, 9.17) is 16.3 Å². The highest BCUT2D eigenvalue weighted by atomic mass is 35.5. The van der Waals surface area contributed by atoms with Crippen LogP contribution >= 0.6 is 11.6 Å². The molecule has 1 aromatic heterocycles. The first-order valence-corrected chi connectivity index (χ1v) is 6.99. The van der Waals surface area contributed by atoms with Gasteiger partial charge in [0.15, 0.2) is 11.6 Å². The number of aliphatic hydroxyl groups excluding tert-OH is 1. The molecule has 2 aromatic rings. The van der Waals surface area contributed by atoms with E-state index in [1.807, 2.05) is 13.8 Å². The zero-order chi connectivity index (χ0) is 15.7. The predicted octanol–water partition coefficient (Wildman–Crippen LogP) is 3.43. The van der Waals surface area contributed by atoms with Gasteiger partial charge in [0.05, 0.1) is 12.8 Å². The van der Waals surface area contributed by atoms with Gasteiger partial charge in [0.25, 0.3) is 0 Å². The standard InChI is InChI=1S/C15H18ClFN2O2/c1-8(2)13-11(15(16)19(3)18-13)14(20)9-6-5-7-10(21-4)12(9)17/h5-8,14,20H,1-4H3. The minimum atomic E-state index is -1.20. The molecule has 114 valence electrons. The lowest BCUT2D eigenvalue weighted by atomic mass is 9.97. The first-order valence-electron chi connectivity index (χ1n) is 6.61. The number of aromatic nitrogens is 2. The van der Waals surface area contributed by atoms with Gasteiger partial charge in [-0.1, -0.05) is 37.6 Å². The first kappa shape index (κ1) is 15.8. The molecule has 0 radical (unpaired) electrons. The van der Waals surface area contributed by atoms with Crippen LogP contribution in [0.5, 0.6) is 5.75 Å². The molecular formula is C15H18ClFN2O2. The molecule has 0 saturated heterocycles. The molecule has 1 heterocycles. The first-order chi connectivity index (χ1) is 9.88. The molecule has 0 bridgehead atoms. The van der Waals surface area contributed by atoms with E-state index >= 15 is 0 Å². The smallest absolute Gasteiger partial charge is 0.171 e. The van der Waals surface area contributed by atoms with Crippen molar-refractivity contribution in [2.45, 2.75) is 25.9 Å². The van der Waals surface area contributed by atoms with Crippen molar-refractivity contribution in [3.63, 3.8) is 0 Å². The largest absolute Gasteiger partial charge is 0.494 e. The van der Waals surface area contributed by atoms with Crippen molar-refractivity contribution < 1.29 is 14.2 Å². The summed E-state index contributed by atoms with van der Waals surface area (Å²) in [6, 6.07) is 4.63. The molecule has 0 amide bonds. The molecule has 0 fully saturated rings. The third-order valence-electron chi connectivity index (χ3n) is 3.37. The summed E-state index contributed by atoms with van der Waals surface area (Å²) in [7, 11) is 3.07. The van der Waals surface area contributed by atoms with Crippen molar-refractivity contribution in [3.05, 3.63) is 46.0 Å². The average molecular weight is 313 g/mol. The number of benzene rings is 1. The Hall–Kier alpha value is -1.59. The number of aryl methyl sites for hydroxylation is 1. The van der Waals surface area contributed by atoms with Crippen molar-refractivity contribution in [1.29, 1.82) is 0 Å². The zero-order valence-corrected chi connectivity index (χ0v) is 13.1. The Balaban J connectivity index is 2.57. The fourth-order valence-electron chi connectivity index (χ4n) is 2.27. The Labute approximate surface area is 128 Å². The zero-order valence-electron chi connectivity index (χ0n) is 12.4. The van der Waals surface area contributed by atoms with Gasteiger partial charge in [-0.2, -0.15) is 5.10 Å². The van der Waals surface area contributed by atoms with Crippen LogP contribution in [0.3, 0.4) is 0 Å². The van der Waals surface area contributed by atoms with Crippen LogP contribution in [0, 0.1) is 5.82 Å². The van der Waals surface area contributed by atoms with Crippen molar-refractivity contribution in [1.82, 2.24) is 9.78 Å².